The zero-order chi connectivity index (χ0) is 20.8. The average Bonchev–Trinajstić information content (AvgIpc) is 2.67. The Labute approximate surface area is 188 Å². The molecule has 2 rings (SSSR count). The SMILES string of the molecule is CCN1CCCC(CNC(=NC)NCC2CCN(S(=O)(=O)C(F)(F)F)CC2)C1.I. The van der Waals surface area contributed by atoms with Crippen LogP contribution in [-0.4, -0.2) is 82.0 Å². The van der Waals surface area contributed by atoms with Crippen LogP contribution >= 0.6 is 24.0 Å². The molecular formula is C17H33F3IN5O2S. The Balaban J connectivity index is 0.00000420. The third-order valence-corrected chi connectivity index (χ3v) is 7.23. The molecule has 0 aromatic carbocycles. The number of aliphatic imine (C=N–C) groups is 1. The number of nitrogens with one attached hydrogen (secondary N) is 2. The van der Waals surface area contributed by atoms with Gasteiger partial charge in [0.1, 0.15) is 0 Å². The highest BCUT2D eigenvalue weighted by molar-refractivity contribution is 14.0. The summed E-state index contributed by atoms with van der Waals surface area (Å²) in [4.78, 5) is 6.65. The smallest absolute Gasteiger partial charge is 0.356 e. The summed E-state index contributed by atoms with van der Waals surface area (Å²) in [5, 5.41) is 6.56. The number of hydrogen-bond acceptors (Lipinski definition) is 4. The van der Waals surface area contributed by atoms with Crippen LogP contribution in [0.5, 0.6) is 0 Å². The molecule has 1 atom stereocenters. The van der Waals surface area contributed by atoms with Crippen molar-refractivity contribution in [2.24, 2.45) is 16.8 Å². The fourth-order valence-corrected chi connectivity index (χ4v) is 4.79. The number of halogens is 4. The number of guanidine groups is 1. The summed E-state index contributed by atoms with van der Waals surface area (Å²) >= 11 is 0. The van der Waals surface area contributed by atoms with E-state index in [-0.39, 0.29) is 43.0 Å². The van der Waals surface area contributed by atoms with E-state index in [1.165, 1.54) is 12.8 Å². The molecule has 2 heterocycles. The van der Waals surface area contributed by atoms with Crippen molar-refractivity contribution in [2.45, 2.75) is 38.1 Å². The molecule has 0 spiro atoms. The minimum absolute atomic E-state index is 0. The monoisotopic (exact) mass is 555 g/mol. The van der Waals surface area contributed by atoms with Gasteiger partial charge in [-0.05, 0) is 50.6 Å². The fourth-order valence-electron chi connectivity index (χ4n) is 3.81. The summed E-state index contributed by atoms with van der Waals surface area (Å²) < 4.78 is 61.4. The number of likely N-dealkylation sites (tertiary alicyclic amines) is 1. The van der Waals surface area contributed by atoms with Crippen molar-refractivity contribution in [1.82, 2.24) is 19.8 Å². The normalized spacial score (nSPS) is 23.5. The van der Waals surface area contributed by atoms with Gasteiger partial charge in [0, 0.05) is 39.8 Å². The molecule has 0 aromatic rings. The number of nitrogens with zero attached hydrogens (tertiary/aromatic N) is 3. The maximum absolute atomic E-state index is 12.6. The van der Waals surface area contributed by atoms with Crippen LogP contribution < -0.4 is 10.6 Å². The number of alkyl halides is 3. The molecule has 12 heteroatoms. The van der Waals surface area contributed by atoms with E-state index in [0.717, 1.165) is 26.2 Å². The lowest BCUT2D eigenvalue weighted by atomic mass is 9.98. The van der Waals surface area contributed by atoms with Crippen LogP contribution in [0.2, 0.25) is 0 Å². The van der Waals surface area contributed by atoms with Gasteiger partial charge < -0.3 is 15.5 Å². The lowest BCUT2D eigenvalue weighted by Gasteiger charge is -2.33. The summed E-state index contributed by atoms with van der Waals surface area (Å²) in [5.74, 6) is 1.37. The van der Waals surface area contributed by atoms with Gasteiger partial charge in [0.2, 0.25) is 0 Å². The lowest BCUT2D eigenvalue weighted by Crippen LogP contribution is -2.48. The maximum Gasteiger partial charge on any atom is 0.511 e. The first kappa shape index (κ1) is 26.7. The van der Waals surface area contributed by atoms with Gasteiger partial charge in [-0.15, -0.1) is 24.0 Å². The molecule has 0 amide bonds. The Kier molecular flexibility index (Phi) is 10.9. The highest BCUT2D eigenvalue weighted by atomic mass is 127. The Hall–Kier alpha value is -0.340. The lowest BCUT2D eigenvalue weighted by molar-refractivity contribution is -0.0496. The largest absolute Gasteiger partial charge is 0.511 e. The predicted octanol–water partition coefficient (Wildman–Crippen LogP) is 2.06. The van der Waals surface area contributed by atoms with Gasteiger partial charge in [-0.3, -0.25) is 4.99 Å². The van der Waals surface area contributed by atoms with Crippen LogP contribution in [0.3, 0.4) is 0 Å². The zero-order valence-electron chi connectivity index (χ0n) is 17.0. The Morgan fingerprint density at radius 3 is 2.17 bits per heavy atom. The van der Waals surface area contributed by atoms with Crippen molar-refractivity contribution in [3.05, 3.63) is 0 Å². The highest BCUT2D eigenvalue weighted by Gasteiger charge is 2.50. The van der Waals surface area contributed by atoms with Gasteiger partial charge in [0.25, 0.3) is 0 Å². The van der Waals surface area contributed by atoms with Crippen LogP contribution in [0, 0.1) is 11.8 Å². The molecule has 0 radical (unpaired) electrons. The van der Waals surface area contributed by atoms with Crippen molar-refractivity contribution in [3.8, 4) is 0 Å². The number of hydrogen-bond donors (Lipinski definition) is 2. The molecule has 2 saturated heterocycles. The van der Waals surface area contributed by atoms with Crippen LogP contribution in [0.4, 0.5) is 13.2 Å². The van der Waals surface area contributed by atoms with Crippen LogP contribution in [-0.2, 0) is 10.0 Å². The van der Waals surface area contributed by atoms with Crippen molar-refractivity contribution in [3.63, 3.8) is 0 Å². The van der Waals surface area contributed by atoms with E-state index in [9.17, 15) is 21.6 Å². The molecule has 172 valence electrons. The predicted molar refractivity (Wildman–Crippen MR) is 119 cm³/mol. The van der Waals surface area contributed by atoms with Crippen molar-refractivity contribution in [2.75, 3.05) is 52.9 Å². The van der Waals surface area contributed by atoms with Gasteiger partial charge in [0.15, 0.2) is 5.96 Å². The molecule has 0 aliphatic carbocycles. The summed E-state index contributed by atoms with van der Waals surface area (Å²) in [6.07, 6.45) is 3.18. The first-order chi connectivity index (χ1) is 13.2. The number of rotatable bonds is 6. The van der Waals surface area contributed by atoms with E-state index in [0.29, 0.717) is 35.6 Å². The van der Waals surface area contributed by atoms with Gasteiger partial charge in [-0.25, -0.2) is 8.42 Å². The van der Waals surface area contributed by atoms with Crippen molar-refractivity contribution < 1.29 is 21.6 Å². The standard InChI is InChI=1S/C17H32F3N5O2S.HI/c1-3-24-8-4-5-15(13-24)12-23-16(21-2)22-11-14-6-9-25(10-7-14)28(26,27)17(18,19)20;/h14-15H,3-13H2,1-2H3,(H2,21,22,23);1H. The number of sulfonamides is 1. The third kappa shape index (κ3) is 7.69. The van der Waals surface area contributed by atoms with Gasteiger partial charge in [0.05, 0.1) is 0 Å². The van der Waals surface area contributed by atoms with E-state index in [1.807, 2.05) is 0 Å². The number of piperidine rings is 2. The van der Waals surface area contributed by atoms with E-state index in [1.54, 1.807) is 7.05 Å². The quantitative estimate of drug-likeness (QED) is 0.298. The van der Waals surface area contributed by atoms with Crippen LogP contribution in [0.25, 0.3) is 0 Å². The molecule has 1 unspecified atom stereocenters. The molecular weight excluding hydrogens is 522 g/mol. The zero-order valence-corrected chi connectivity index (χ0v) is 20.2. The van der Waals surface area contributed by atoms with Crippen molar-refractivity contribution in [1.29, 1.82) is 0 Å². The Bertz CT molecular complexity index is 625. The molecule has 29 heavy (non-hydrogen) atoms. The first-order valence-electron chi connectivity index (χ1n) is 9.90. The maximum atomic E-state index is 12.6. The Morgan fingerprint density at radius 2 is 1.66 bits per heavy atom. The molecule has 0 bridgehead atoms. The second-order valence-corrected chi connectivity index (χ2v) is 9.46. The summed E-state index contributed by atoms with van der Waals surface area (Å²) in [7, 11) is -3.53. The van der Waals surface area contributed by atoms with Gasteiger partial charge in [-0.1, -0.05) is 6.92 Å². The minimum Gasteiger partial charge on any atom is -0.356 e. The molecule has 2 aliphatic rings. The molecule has 0 saturated carbocycles. The molecule has 2 N–H and O–H groups in total. The van der Waals surface area contributed by atoms with E-state index < -0.39 is 15.5 Å². The summed E-state index contributed by atoms with van der Waals surface area (Å²) in [6, 6.07) is 0. The topological polar surface area (TPSA) is 77.0 Å². The van der Waals surface area contributed by atoms with Gasteiger partial charge >= 0.3 is 15.5 Å². The second kappa shape index (κ2) is 11.9. The highest BCUT2D eigenvalue weighted by Crippen LogP contribution is 2.30. The third-order valence-electron chi connectivity index (χ3n) is 5.60. The molecule has 7 nitrogen and oxygen atoms in total. The van der Waals surface area contributed by atoms with Crippen LogP contribution in [0.15, 0.2) is 4.99 Å². The molecule has 0 aromatic heterocycles. The van der Waals surface area contributed by atoms with Crippen molar-refractivity contribution >= 4 is 40.0 Å². The summed E-state index contributed by atoms with van der Waals surface area (Å²) in [5.41, 5.74) is -5.23. The van der Waals surface area contributed by atoms with E-state index in [2.05, 4.69) is 27.4 Å². The van der Waals surface area contributed by atoms with E-state index >= 15 is 0 Å². The minimum atomic E-state index is -5.23. The first-order valence-corrected chi connectivity index (χ1v) is 11.3. The van der Waals surface area contributed by atoms with Crippen LogP contribution in [0.1, 0.15) is 32.6 Å². The van der Waals surface area contributed by atoms with Gasteiger partial charge in [-0.2, -0.15) is 17.5 Å². The fraction of sp³-hybridized carbons (Fsp3) is 0.941. The molecule has 2 fully saturated rings. The average molecular weight is 555 g/mol. The Morgan fingerprint density at radius 1 is 1.07 bits per heavy atom. The second-order valence-electron chi connectivity index (χ2n) is 7.53. The van der Waals surface area contributed by atoms with E-state index in [4.69, 9.17) is 0 Å². The molecule has 2 aliphatic heterocycles. The summed E-state index contributed by atoms with van der Waals surface area (Å²) in [6.45, 7) is 6.65.